The minimum Gasteiger partial charge on any atom is -0.497 e. The molecule has 3 aromatic carbocycles. The van der Waals surface area contributed by atoms with Crippen LogP contribution in [0.1, 0.15) is 21.5 Å². The van der Waals surface area contributed by atoms with E-state index in [-0.39, 0.29) is 11.8 Å². The molecule has 210 valence electrons. The van der Waals surface area contributed by atoms with Crippen LogP contribution in [0.15, 0.2) is 60.7 Å². The predicted octanol–water partition coefficient (Wildman–Crippen LogP) is 5.44. The minimum absolute atomic E-state index is 0.184. The molecule has 4 rings (SSSR count). The summed E-state index contributed by atoms with van der Waals surface area (Å²) >= 11 is 12.7. The van der Waals surface area contributed by atoms with E-state index in [0.717, 1.165) is 5.56 Å². The van der Waals surface area contributed by atoms with Gasteiger partial charge < -0.3 is 28.7 Å². The molecule has 0 atom stereocenters. The number of methoxy groups -OCH3 is 4. The van der Waals surface area contributed by atoms with E-state index in [2.05, 4.69) is 0 Å². The fraction of sp³-hybridized carbons (Fsp3) is 0.267. The van der Waals surface area contributed by atoms with Gasteiger partial charge in [0.2, 0.25) is 11.7 Å². The lowest BCUT2D eigenvalue weighted by molar-refractivity contribution is -0.127. The van der Waals surface area contributed by atoms with Gasteiger partial charge in [-0.3, -0.25) is 9.59 Å². The van der Waals surface area contributed by atoms with Gasteiger partial charge in [0, 0.05) is 53.4 Å². The summed E-state index contributed by atoms with van der Waals surface area (Å²) in [6, 6.07) is 15.8. The molecular weight excluding hydrogens is 555 g/mol. The second-order valence-electron chi connectivity index (χ2n) is 8.94. The molecule has 40 heavy (non-hydrogen) atoms. The number of ether oxygens (including phenoxy) is 4. The van der Waals surface area contributed by atoms with Crippen molar-refractivity contribution < 1.29 is 28.5 Å². The molecular formula is C30H30Cl2N2O6. The summed E-state index contributed by atoms with van der Waals surface area (Å²) in [7, 11) is 6.10. The van der Waals surface area contributed by atoms with E-state index in [1.54, 1.807) is 53.3 Å². The lowest BCUT2D eigenvalue weighted by Gasteiger charge is -2.34. The van der Waals surface area contributed by atoms with Gasteiger partial charge in [-0.1, -0.05) is 41.4 Å². The largest absolute Gasteiger partial charge is 0.497 e. The number of benzene rings is 3. The van der Waals surface area contributed by atoms with Gasteiger partial charge in [-0.2, -0.15) is 0 Å². The van der Waals surface area contributed by atoms with Crippen LogP contribution in [0.3, 0.4) is 0 Å². The van der Waals surface area contributed by atoms with Crippen LogP contribution < -0.4 is 18.9 Å². The van der Waals surface area contributed by atoms with Crippen LogP contribution in [0, 0.1) is 0 Å². The van der Waals surface area contributed by atoms with Gasteiger partial charge in [-0.05, 0) is 47.5 Å². The molecule has 2 amide bonds. The Hall–Kier alpha value is -3.88. The van der Waals surface area contributed by atoms with Crippen molar-refractivity contribution in [2.45, 2.75) is 0 Å². The molecule has 8 nitrogen and oxygen atoms in total. The number of carbonyl (C=O) groups is 2. The van der Waals surface area contributed by atoms with Crippen molar-refractivity contribution in [3.05, 3.63) is 87.4 Å². The van der Waals surface area contributed by atoms with Crippen molar-refractivity contribution in [2.24, 2.45) is 0 Å². The number of hydrogen-bond acceptors (Lipinski definition) is 6. The Labute approximate surface area is 243 Å². The van der Waals surface area contributed by atoms with E-state index in [1.165, 1.54) is 21.3 Å². The fourth-order valence-electron chi connectivity index (χ4n) is 4.53. The van der Waals surface area contributed by atoms with Crippen molar-refractivity contribution in [3.63, 3.8) is 0 Å². The Bertz CT molecular complexity index is 1390. The number of halogens is 2. The highest BCUT2D eigenvalue weighted by atomic mass is 35.5. The number of nitrogens with zero attached hydrogens (tertiary/aromatic N) is 2. The molecule has 0 unspecified atom stereocenters. The molecule has 0 radical (unpaired) electrons. The Morgan fingerprint density at radius 2 is 1.32 bits per heavy atom. The van der Waals surface area contributed by atoms with Crippen LogP contribution in [0.5, 0.6) is 23.0 Å². The Kier molecular flexibility index (Phi) is 9.45. The quantitative estimate of drug-likeness (QED) is 0.328. The maximum Gasteiger partial charge on any atom is 0.254 e. The van der Waals surface area contributed by atoms with Gasteiger partial charge in [-0.15, -0.1) is 0 Å². The normalized spacial score (nSPS) is 13.6. The van der Waals surface area contributed by atoms with Crippen molar-refractivity contribution >= 4 is 40.6 Å². The molecule has 1 fully saturated rings. The molecule has 1 saturated heterocycles. The summed E-state index contributed by atoms with van der Waals surface area (Å²) in [6.45, 7) is 1.48. The van der Waals surface area contributed by atoms with E-state index in [4.69, 9.17) is 42.1 Å². The third-order valence-corrected chi connectivity index (χ3v) is 7.23. The van der Waals surface area contributed by atoms with Crippen LogP contribution in [0.2, 0.25) is 10.0 Å². The number of carbonyl (C=O) groups excluding carboxylic acids is 2. The SMILES string of the molecule is COc1ccc(C(=CC(=O)N2CCN(C(=O)c3cc(OC)c(OC)c(OC)c3)CC2)c2ccc(Cl)cc2Cl)cc1. The van der Waals surface area contributed by atoms with Crippen LogP contribution >= 0.6 is 23.2 Å². The van der Waals surface area contributed by atoms with E-state index in [9.17, 15) is 9.59 Å². The fourth-order valence-corrected chi connectivity index (χ4v) is 5.04. The van der Waals surface area contributed by atoms with Gasteiger partial charge in [0.15, 0.2) is 11.5 Å². The van der Waals surface area contributed by atoms with Gasteiger partial charge in [0.05, 0.1) is 28.4 Å². The number of hydrogen-bond donors (Lipinski definition) is 0. The third-order valence-electron chi connectivity index (χ3n) is 6.68. The average molecular weight is 585 g/mol. The Morgan fingerprint density at radius 1 is 0.725 bits per heavy atom. The Balaban J connectivity index is 1.54. The highest BCUT2D eigenvalue weighted by Crippen LogP contribution is 2.38. The second-order valence-corrected chi connectivity index (χ2v) is 9.79. The molecule has 1 aliphatic heterocycles. The molecule has 0 aromatic heterocycles. The zero-order valence-electron chi connectivity index (χ0n) is 22.7. The lowest BCUT2D eigenvalue weighted by atomic mass is 9.97. The van der Waals surface area contributed by atoms with E-state index in [0.29, 0.717) is 75.9 Å². The molecule has 1 heterocycles. The van der Waals surface area contributed by atoms with Crippen LogP contribution in [-0.4, -0.2) is 76.2 Å². The van der Waals surface area contributed by atoms with Crippen LogP contribution in [0.25, 0.3) is 5.57 Å². The molecule has 1 aliphatic rings. The molecule has 10 heteroatoms. The smallest absolute Gasteiger partial charge is 0.254 e. The minimum atomic E-state index is -0.186. The van der Waals surface area contributed by atoms with Gasteiger partial charge in [-0.25, -0.2) is 0 Å². The lowest BCUT2D eigenvalue weighted by Crippen LogP contribution is -2.50. The molecule has 0 saturated carbocycles. The zero-order chi connectivity index (χ0) is 28.8. The summed E-state index contributed by atoms with van der Waals surface area (Å²) < 4.78 is 21.4. The average Bonchev–Trinajstić information content (AvgIpc) is 2.99. The summed E-state index contributed by atoms with van der Waals surface area (Å²) in [4.78, 5) is 30.2. The highest BCUT2D eigenvalue weighted by Gasteiger charge is 2.27. The number of rotatable bonds is 8. The summed E-state index contributed by atoms with van der Waals surface area (Å²) in [5, 5.41) is 0.935. The van der Waals surface area contributed by atoms with Crippen LogP contribution in [-0.2, 0) is 4.79 Å². The van der Waals surface area contributed by atoms with E-state index >= 15 is 0 Å². The van der Waals surface area contributed by atoms with Gasteiger partial charge in [0.25, 0.3) is 5.91 Å². The first kappa shape index (κ1) is 29.1. The van der Waals surface area contributed by atoms with Gasteiger partial charge >= 0.3 is 0 Å². The molecule has 3 aromatic rings. The number of amides is 2. The second kappa shape index (κ2) is 13.0. The first-order chi connectivity index (χ1) is 19.3. The standard InChI is InChI=1S/C30H30Cl2N2O6/c1-37-22-8-5-19(6-9-22)24(23-10-7-21(31)17-25(23)32)18-28(35)33-11-13-34(14-12-33)30(36)20-15-26(38-2)29(40-4)27(16-20)39-3/h5-10,15-18H,11-14H2,1-4H3. The third kappa shape index (κ3) is 6.29. The van der Waals surface area contributed by atoms with E-state index < -0.39 is 0 Å². The molecule has 0 N–H and O–H groups in total. The summed E-state index contributed by atoms with van der Waals surface area (Å²) in [5.74, 6) is 1.54. The maximum atomic E-state index is 13.4. The molecule has 0 bridgehead atoms. The maximum absolute atomic E-state index is 13.4. The predicted molar refractivity (Wildman–Crippen MR) is 155 cm³/mol. The molecule has 0 aliphatic carbocycles. The zero-order valence-corrected chi connectivity index (χ0v) is 24.2. The summed E-state index contributed by atoms with van der Waals surface area (Å²) in [6.07, 6.45) is 1.58. The highest BCUT2D eigenvalue weighted by molar-refractivity contribution is 6.36. The van der Waals surface area contributed by atoms with Gasteiger partial charge in [0.1, 0.15) is 5.75 Å². The topological polar surface area (TPSA) is 77.5 Å². The summed E-state index contributed by atoms with van der Waals surface area (Å²) in [5.41, 5.74) is 2.55. The van der Waals surface area contributed by atoms with E-state index in [1.807, 2.05) is 24.3 Å². The van der Waals surface area contributed by atoms with Crippen molar-refractivity contribution in [3.8, 4) is 23.0 Å². The first-order valence-electron chi connectivity index (χ1n) is 12.5. The Morgan fingerprint density at radius 3 is 1.85 bits per heavy atom. The van der Waals surface area contributed by atoms with Crippen molar-refractivity contribution in [1.29, 1.82) is 0 Å². The van der Waals surface area contributed by atoms with Crippen molar-refractivity contribution in [2.75, 3.05) is 54.6 Å². The van der Waals surface area contributed by atoms with Crippen LogP contribution in [0.4, 0.5) is 0 Å². The number of piperazine rings is 1. The first-order valence-corrected chi connectivity index (χ1v) is 13.2. The molecule has 0 spiro atoms. The monoisotopic (exact) mass is 584 g/mol. The van der Waals surface area contributed by atoms with Crippen molar-refractivity contribution in [1.82, 2.24) is 9.80 Å².